The van der Waals surface area contributed by atoms with Crippen LogP contribution in [0.25, 0.3) is 10.6 Å². The number of aromatic nitrogens is 1. The lowest BCUT2D eigenvalue weighted by Crippen LogP contribution is -2.28. The number of carboxylic acids is 1. The molecule has 0 aliphatic rings. The summed E-state index contributed by atoms with van der Waals surface area (Å²) in [6, 6.07) is 5.44. The number of hydrogen-bond acceptors (Lipinski definition) is 3. The predicted molar refractivity (Wildman–Crippen MR) is 80.9 cm³/mol. The molecule has 0 amide bonds. The summed E-state index contributed by atoms with van der Waals surface area (Å²) < 4.78 is 0.842. The Labute approximate surface area is 128 Å². The first-order valence-corrected chi connectivity index (χ1v) is 7.52. The number of carboxylic acid groups (broad SMARTS) is 1. The standard InChI is InChI=1S/C13H11BrClNO2S/c1-13(2,12(17)18)10-6-19-11(16-10)8-4-3-7(15)5-9(8)14/h3-6H,1-2H3,(H,17,18). The van der Waals surface area contributed by atoms with Gasteiger partial charge in [0.05, 0.1) is 5.69 Å². The first kappa shape index (κ1) is 14.5. The number of halogens is 2. The average molecular weight is 361 g/mol. The molecular formula is C13H11BrClNO2S. The van der Waals surface area contributed by atoms with Crippen molar-refractivity contribution in [3.05, 3.63) is 38.8 Å². The number of hydrogen-bond donors (Lipinski definition) is 1. The van der Waals surface area contributed by atoms with Crippen LogP contribution in [0, 0.1) is 0 Å². The molecule has 0 spiro atoms. The van der Waals surface area contributed by atoms with Gasteiger partial charge >= 0.3 is 5.97 Å². The van der Waals surface area contributed by atoms with E-state index in [-0.39, 0.29) is 0 Å². The molecule has 19 heavy (non-hydrogen) atoms. The van der Waals surface area contributed by atoms with Gasteiger partial charge in [-0.05, 0) is 32.0 Å². The minimum absolute atomic E-state index is 0.557. The van der Waals surface area contributed by atoms with Crippen LogP contribution in [0.15, 0.2) is 28.1 Å². The Balaban J connectivity index is 2.44. The number of carbonyl (C=O) groups is 1. The van der Waals surface area contributed by atoms with Gasteiger partial charge in [0.1, 0.15) is 10.4 Å². The van der Waals surface area contributed by atoms with Gasteiger partial charge in [-0.3, -0.25) is 4.79 Å². The summed E-state index contributed by atoms with van der Waals surface area (Å²) in [6.07, 6.45) is 0. The maximum absolute atomic E-state index is 11.2. The fourth-order valence-electron chi connectivity index (χ4n) is 1.46. The summed E-state index contributed by atoms with van der Waals surface area (Å²) in [5.41, 5.74) is 0.469. The Kier molecular flexibility index (Phi) is 3.99. The van der Waals surface area contributed by atoms with E-state index >= 15 is 0 Å². The van der Waals surface area contributed by atoms with Crippen molar-refractivity contribution in [2.24, 2.45) is 0 Å². The van der Waals surface area contributed by atoms with Crippen LogP contribution in [0.2, 0.25) is 5.02 Å². The molecule has 0 fully saturated rings. The Bertz CT molecular complexity index is 639. The molecule has 6 heteroatoms. The average Bonchev–Trinajstić information content (AvgIpc) is 2.78. The van der Waals surface area contributed by atoms with Crippen molar-refractivity contribution >= 4 is 44.8 Å². The molecule has 0 aliphatic heterocycles. The lowest BCUT2D eigenvalue weighted by molar-refractivity contribution is -0.142. The Morgan fingerprint density at radius 2 is 2.16 bits per heavy atom. The molecule has 0 saturated carbocycles. The molecule has 100 valence electrons. The summed E-state index contributed by atoms with van der Waals surface area (Å²) in [7, 11) is 0. The maximum Gasteiger partial charge on any atom is 0.315 e. The number of benzene rings is 1. The second kappa shape index (κ2) is 5.23. The first-order valence-electron chi connectivity index (χ1n) is 5.47. The number of nitrogens with zero attached hydrogens (tertiary/aromatic N) is 1. The summed E-state index contributed by atoms with van der Waals surface area (Å²) in [5.74, 6) is -0.889. The topological polar surface area (TPSA) is 50.2 Å². The van der Waals surface area contributed by atoms with Gasteiger partial charge in [-0.15, -0.1) is 11.3 Å². The van der Waals surface area contributed by atoms with E-state index in [1.807, 2.05) is 6.07 Å². The molecule has 1 N–H and O–H groups in total. The van der Waals surface area contributed by atoms with Gasteiger partial charge < -0.3 is 5.11 Å². The maximum atomic E-state index is 11.2. The molecule has 2 aromatic rings. The minimum Gasteiger partial charge on any atom is -0.481 e. The van der Waals surface area contributed by atoms with Crippen LogP contribution in [0.5, 0.6) is 0 Å². The van der Waals surface area contributed by atoms with Gasteiger partial charge in [-0.2, -0.15) is 0 Å². The molecule has 0 atom stereocenters. The highest BCUT2D eigenvalue weighted by molar-refractivity contribution is 9.10. The van der Waals surface area contributed by atoms with Crippen LogP contribution in [-0.4, -0.2) is 16.1 Å². The predicted octanol–water partition coefficient (Wildman–Crippen LogP) is 4.59. The molecule has 1 aromatic carbocycles. The third kappa shape index (κ3) is 2.83. The van der Waals surface area contributed by atoms with E-state index in [1.165, 1.54) is 11.3 Å². The summed E-state index contributed by atoms with van der Waals surface area (Å²) in [6.45, 7) is 3.29. The zero-order chi connectivity index (χ0) is 14.2. The molecule has 0 bridgehead atoms. The third-order valence-corrected chi connectivity index (χ3v) is 4.61. The largest absolute Gasteiger partial charge is 0.481 e. The molecular weight excluding hydrogens is 350 g/mol. The number of aliphatic carboxylic acids is 1. The number of rotatable bonds is 3. The van der Waals surface area contributed by atoms with E-state index in [1.54, 1.807) is 31.4 Å². The van der Waals surface area contributed by atoms with Gasteiger partial charge in [-0.25, -0.2) is 4.98 Å². The van der Waals surface area contributed by atoms with E-state index in [4.69, 9.17) is 11.6 Å². The highest BCUT2D eigenvalue weighted by Gasteiger charge is 2.32. The number of thiazole rings is 1. The highest BCUT2D eigenvalue weighted by Crippen LogP contribution is 2.35. The molecule has 3 nitrogen and oxygen atoms in total. The quantitative estimate of drug-likeness (QED) is 0.871. The van der Waals surface area contributed by atoms with E-state index in [2.05, 4.69) is 20.9 Å². The van der Waals surface area contributed by atoms with Crippen LogP contribution in [-0.2, 0) is 10.2 Å². The summed E-state index contributed by atoms with van der Waals surface area (Å²) in [4.78, 5) is 15.6. The molecule has 0 unspecified atom stereocenters. The summed E-state index contributed by atoms with van der Waals surface area (Å²) in [5, 5.41) is 12.4. The van der Waals surface area contributed by atoms with E-state index < -0.39 is 11.4 Å². The minimum atomic E-state index is -0.992. The van der Waals surface area contributed by atoms with Gasteiger partial charge in [-0.1, -0.05) is 27.5 Å². The Hall–Kier alpha value is -0.910. The van der Waals surface area contributed by atoms with Crippen molar-refractivity contribution in [1.82, 2.24) is 4.98 Å². The van der Waals surface area contributed by atoms with Crippen molar-refractivity contribution in [3.8, 4) is 10.6 Å². The molecule has 0 saturated heterocycles. The second-order valence-corrected chi connectivity index (χ2v) is 6.74. The van der Waals surface area contributed by atoms with Crippen molar-refractivity contribution in [3.63, 3.8) is 0 Å². The highest BCUT2D eigenvalue weighted by atomic mass is 79.9. The van der Waals surface area contributed by atoms with Gasteiger partial charge in [0, 0.05) is 20.4 Å². The van der Waals surface area contributed by atoms with E-state index in [9.17, 15) is 9.90 Å². The van der Waals surface area contributed by atoms with E-state index in [0.29, 0.717) is 10.7 Å². The summed E-state index contributed by atoms with van der Waals surface area (Å²) >= 11 is 10.8. The molecule has 0 aliphatic carbocycles. The normalized spacial score (nSPS) is 11.6. The molecule has 0 radical (unpaired) electrons. The first-order chi connectivity index (χ1) is 8.82. The Morgan fingerprint density at radius 1 is 1.47 bits per heavy atom. The lowest BCUT2D eigenvalue weighted by atomic mass is 9.90. The Morgan fingerprint density at radius 3 is 2.74 bits per heavy atom. The lowest BCUT2D eigenvalue weighted by Gasteiger charge is -2.15. The van der Waals surface area contributed by atoms with E-state index in [0.717, 1.165) is 15.0 Å². The fraction of sp³-hybridized carbons (Fsp3) is 0.231. The van der Waals surface area contributed by atoms with Crippen molar-refractivity contribution in [1.29, 1.82) is 0 Å². The zero-order valence-corrected chi connectivity index (χ0v) is 13.4. The van der Waals surface area contributed by atoms with Gasteiger partial charge in [0.2, 0.25) is 0 Å². The third-order valence-electron chi connectivity index (χ3n) is 2.84. The molecule has 2 rings (SSSR count). The van der Waals surface area contributed by atoms with Crippen LogP contribution in [0.4, 0.5) is 0 Å². The molecule has 1 aromatic heterocycles. The zero-order valence-electron chi connectivity index (χ0n) is 10.3. The van der Waals surface area contributed by atoms with Crippen LogP contribution in [0.1, 0.15) is 19.5 Å². The van der Waals surface area contributed by atoms with Crippen molar-refractivity contribution in [2.45, 2.75) is 19.3 Å². The molecule has 1 heterocycles. The second-order valence-electron chi connectivity index (χ2n) is 4.59. The van der Waals surface area contributed by atoms with Gasteiger partial charge in [0.15, 0.2) is 0 Å². The monoisotopic (exact) mass is 359 g/mol. The van der Waals surface area contributed by atoms with Crippen LogP contribution >= 0.6 is 38.9 Å². The SMILES string of the molecule is CC(C)(C(=O)O)c1csc(-c2ccc(Cl)cc2Br)n1. The van der Waals surface area contributed by atoms with Crippen molar-refractivity contribution < 1.29 is 9.90 Å². The van der Waals surface area contributed by atoms with Gasteiger partial charge in [0.25, 0.3) is 0 Å². The fourth-order valence-corrected chi connectivity index (χ4v) is 3.49. The smallest absolute Gasteiger partial charge is 0.315 e. The van der Waals surface area contributed by atoms with Crippen LogP contribution < -0.4 is 0 Å². The van der Waals surface area contributed by atoms with Crippen molar-refractivity contribution in [2.75, 3.05) is 0 Å². The van der Waals surface area contributed by atoms with Crippen LogP contribution in [0.3, 0.4) is 0 Å².